The van der Waals surface area contributed by atoms with Crippen molar-refractivity contribution in [3.63, 3.8) is 0 Å². The summed E-state index contributed by atoms with van der Waals surface area (Å²) in [5.74, 6) is -0.753. The molecule has 0 aliphatic carbocycles. The minimum absolute atomic E-state index is 0.164. The molecule has 0 fully saturated rings. The van der Waals surface area contributed by atoms with E-state index in [1.54, 1.807) is 0 Å². The largest absolute Gasteiger partial charge is 0.264 e. The van der Waals surface area contributed by atoms with E-state index in [0.717, 1.165) is 6.07 Å². The van der Waals surface area contributed by atoms with Crippen LogP contribution >= 0.6 is 23.2 Å². The summed E-state index contributed by atoms with van der Waals surface area (Å²) in [4.78, 5) is 0. The lowest BCUT2D eigenvalue weighted by molar-refractivity contribution is 0.151. The number of halogens is 5. The molecule has 5 heteroatoms. The average Bonchev–Trinajstić information content (AvgIpc) is 2.32. The van der Waals surface area contributed by atoms with E-state index < -0.39 is 17.8 Å². The van der Waals surface area contributed by atoms with E-state index in [0.29, 0.717) is 5.02 Å². The Kier molecular flexibility index (Phi) is 3.83. The molecule has 2 aromatic rings. The highest BCUT2D eigenvalue weighted by molar-refractivity contribution is 6.35. The molecule has 0 aromatic heterocycles. The van der Waals surface area contributed by atoms with Crippen LogP contribution in [0.25, 0.3) is 11.1 Å². The summed E-state index contributed by atoms with van der Waals surface area (Å²) in [6.07, 6.45) is -2.79. The molecule has 2 rings (SSSR count). The fourth-order valence-electron chi connectivity index (χ4n) is 1.70. The van der Waals surface area contributed by atoms with Gasteiger partial charge in [-0.2, -0.15) is 0 Å². The van der Waals surface area contributed by atoms with Gasteiger partial charge in [-0.05, 0) is 24.3 Å². The second-order valence-electron chi connectivity index (χ2n) is 3.63. The highest BCUT2D eigenvalue weighted by Crippen LogP contribution is 2.38. The van der Waals surface area contributed by atoms with E-state index in [-0.39, 0.29) is 16.1 Å². The van der Waals surface area contributed by atoms with E-state index in [1.165, 1.54) is 30.3 Å². The maximum absolute atomic E-state index is 13.8. The molecule has 0 saturated heterocycles. The first-order chi connectivity index (χ1) is 8.50. The van der Waals surface area contributed by atoms with Crippen LogP contribution in [-0.2, 0) is 0 Å². The molecule has 0 bridgehead atoms. The standard InChI is InChI=1S/C13H7Cl2F3/c14-7-4-5-10(15)9(6-7)12-8(13(17)18)2-1-3-11(12)16/h1-6,13H. The quantitative estimate of drug-likeness (QED) is 0.662. The SMILES string of the molecule is Fc1cccc(C(F)F)c1-c1cc(Cl)ccc1Cl. The van der Waals surface area contributed by atoms with Gasteiger partial charge < -0.3 is 0 Å². The van der Waals surface area contributed by atoms with E-state index in [4.69, 9.17) is 23.2 Å². The predicted octanol–water partition coefficient (Wildman–Crippen LogP) is 5.74. The number of alkyl halides is 2. The maximum atomic E-state index is 13.8. The van der Waals surface area contributed by atoms with Gasteiger partial charge in [0, 0.05) is 26.7 Å². The summed E-state index contributed by atoms with van der Waals surface area (Å²) in [6.45, 7) is 0. The number of benzene rings is 2. The van der Waals surface area contributed by atoms with Crippen molar-refractivity contribution in [2.24, 2.45) is 0 Å². The summed E-state index contributed by atoms with van der Waals surface area (Å²) < 4.78 is 39.5. The second-order valence-corrected chi connectivity index (χ2v) is 4.47. The van der Waals surface area contributed by atoms with E-state index in [9.17, 15) is 13.2 Å². The Morgan fingerprint density at radius 2 is 1.72 bits per heavy atom. The first-order valence-electron chi connectivity index (χ1n) is 5.02. The third-order valence-electron chi connectivity index (χ3n) is 2.48. The van der Waals surface area contributed by atoms with Gasteiger partial charge in [-0.3, -0.25) is 0 Å². The lowest BCUT2D eigenvalue weighted by Crippen LogP contribution is -1.94. The molecule has 0 spiro atoms. The second kappa shape index (κ2) is 5.21. The van der Waals surface area contributed by atoms with E-state index >= 15 is 0 Å². The van der Waals surface area contributed by atoms with Crippen molar-refractivity contribution >= 4 is 23.2 Å². The molecule has 0 heterocycles. The molecular formula is C13H7Cl2F3. The Morgan fingerprint density at radius 1 is 1.00 bits per heavy atom. The fraction of sp³-hybridized carbons (Fsp3) is 0.0769. The van der Waals surface area contributed by atoms with Crippen LogP contribution in [0.4, 0.5) is 13.2 Å². The zero-order valence-corrected chi connectivity index (χ0v) is 10.4. The molecule has 94 valence electrons. The molecule has 0 unspecified atom stereocenters. The Labute approximate surface area is 112 Å². The van der Waals surface area contributed by atoms with Crippen LogP contribution in [0.5, 0.6) is 0 Å². The molecule has 0 atom stereocenters. The predicted molar refractivity (Wildman–Crippen MR) is 66.8 cm³/mol. The molecule has 0 amide bonds. The zero-order chi connectivity index (χ0) is 13.3. The van der Waals surface area contributed by atoms with Crippen molar-refractivity contribution in [1.82, 2.24) is 0 Å². The van der Waals surface area contributed by atoms with Crippen molar-refractivity contribution in [3.05, 3.63) is 57.8 Å². The van der Waals surface area contributed by atoms with Gasteiger partial charge in [0.2, 0.25) is 0 Å². The summed E-state index contributed by atoms with van der Waals surface area (Å²) in [7, 11) is 0. The van der Waals surface area contributed by atoms with Crippen LogP contribution in [0, 0.1) is 5.82 Å². The van der Waals surface area contributed by atoms with Crippen LogP contribution in [0.3, 0.4) is 0 Å². The summed E-state index contributed by atoms with van der Waals surface area (Å²) in [6, 6.07) is 7.84. The smallest absolute Gasteiger partial charge is 0.206 e. The van der Waals surface area contributed by atoms with Gasteiger partial charge in [-0.25, -0.2) is 13.2 Å². The van der Waals surface area contributed by atoms with Gasteiger partial charge in [-0.15, -0.1) is 0 Å². The molecule has 2 aromatic carbocycles. The van der Waals surface area contributed by atoms with Gasteiger partial charge in [0.1, 0.15) is 5.82 Å². The van der Waals surface area contributed by atoms with Crippen molar-refractivity contribution in [2.75, 3.05) is 0 Å². The monoisotopic (exact) mass is 290 g/mol. The molecule has 18 heavy (non-hydrogen) atoms. The lowest BCUT2D eigenvalue weighted by Gasteiger charge is -2.12. The molecule has 0 N–H and O–H groups in total. The van der Waals surface area contributed by atoms with E-state index in [1.807, 2.05) is 0 Å². The number of hydrogen-bond donors (Lipinski definition) is 0. The number of hydrogen-bond acceptors (Lipinski definition) is 0. The van der Waals surface area contributed by atoms with Crippen LogP contribution in [0.15, 0.2) is 36.4 Å². The fourth-order valence-corrected chi connectivity index (χ4v) is 2.08. The molecule has 0 radical (unpaired) electrons. The minimum atomic E-state index is -2.79. The Balaban J connectivity index is 2.73. The third-order valence-corrected chi connectivity index (χ3v) is 3.04. The number of rotatable bonds is 2. The topological polar surface area (TPSA) is 0 Å². The van der Waals surface area contributed by atoms with Crippen molar-refractivity contribution in [1.29, 1.82) is 0 Å². The molecule has 0 saturated carbocycles. The molecule has 0 aliphatic heterocycles. The summed E-state index contributed by atoms with van der Waals surface area (Å²) in [5.41, 5.74) is -0.447. The Hall–Kier alpha value is -1.19. The first-order valence-corrected chi connectivity index (χ1v) is 5.78. The molecular weight excluding hydrogens is 284 g/mol. The van der Waals surface area contributed by atoms with Crippen molar-refractivity contribution in [2.45, 2.75) is 6.43 Å². The highest BCUT2D eigenvalue weighted by atomic mass is 35.5. The van der Waals surface area contributed by atoms with Gasteiger partial charge in [0.15, 0.2) is 0 Å². The third kappa shape index (κ3) is 2.47. The van der Waals surface area contributed by atoms with Crippen molar-refractivity contribution < 1.29 is 13.2 Å². The van der Waals surface area contributed by atoms with Gasteiger partial charge in [-0.1, -0.05) is 35.3 Å². The lowest BCUT2D eigenvalue weighted by atomic mass is 9.99. The van der Waals surface area contributed by atoms with Crippen LogP contribution in [-0.4, -0.2) is 0 Å². The zero-order valence-electron chi connectivity index (χ0n) is 8.93. The van der Waals surface area contributed by atoms with Gasteiger partial charge in [0.25, 0.3) is 6.43 Å². The normalized spacial score (nSPS) is 11.0. The average molecular weight is 291 g/mol. The maximum Gasteiger partial charge on any atom is 0.264 e. The van der Waals surface area contributed by atoms with Gasteiger partial charge >= 0.3 is 0 Å². The highest BCUT2D eigenvalue weighted by Gasteiger charge is 2.19. The van der Waals surface area contributed by atoms with Gasteiger partial charge in [0.05, 0.1) is 0 Å². The Morgan fingerprint density at radius 3 is 2.39 bits per heavy atom. The Bertz CT molecular complexity index is 582. The molecule has 0 nitrogen and oxygen atoms in total. The minimum Gasteiger partial charge on any atom is -0.206 e. The van der Waals surface area contributed by atoms with E-state index in [2.05, 4.69) is 0 Å². The molecule has 0 aliphatic rings. The van der Waals surface area contributed by atoms with Crippen molar-refractivity contribution in [3.8, 4) is 11.1 Å². The van der Waals surface area contributed by atoms with Crippen LogP contribution in [0.1, 0.15) is 12.0 Å². The summed E-state index contributed by atoms with van der Waals surface area (Å²) in [5, 5.41) is 0.476. The summed E-state index contributed by atoms with van der Waals surface area (Å²) >= 11 is 11.7. The van der Waals surface area contributed by atoms with Crippen LogP contribution in [0.2, 0.25) is 10.0 Å². The first kappa shape index (κ1) is 13.2. The van der Waals surface area contributed by atoms with Crippen LogP contribution < -0.4 is 0 Å².